The zero-order valence-corrected chi connectivity index (χ0v) is 15.8. The molecular formula is C19H35N5O2. The number of carbonyl (C=O) groups excluding carboxylic acids is 2. The van der Waals surface area contributed by atoms with Crippen LogP contribution in [0.2, 0.25) is 0 Å². The van der Waals surface area contributed by atoms with Crippen molar-refractivity contribution >= 4 is 11.8 Å². The van der Waals surface area contributed by atoms with E-state index < -0.39 is 0 Å². The standard InChI is InChI=1S/C19H35N5O2/c25-16(10-9-14-6-2-1-3-7-14)20-12-5-13-22-18-17-15(8-4-11-21-17)19(26)24-23-18/h14-15,17-18,21-23H,1-13H2,(H,20,25)(H,24,26). The lowest BCUT2D eigenvalue weighted by atomic mass is 9.86. The first kappa shape index (κ1) is 19.6. The summed E-state index contributed by atoms with van der Waals surface area (Å²) in [7, 11) is 0. The van der Waals surface area contributed by atoms with E-state index in [1.54, 1.807) is 0 Å². The zero-order valence-electron chi connectivity index (χ0n) is 15.8. The second kappa shape index (κ2) is 10.2. The Balaban J connectivity index is 1.25. The predicted molar refractivity (Wildman–Crippen MR) is 101 cm³/mol. The van der Waals surface area contributed by atoms with Gasteiger partial charge < -0.3 is 10.6 Å². The third kappa shape index (κ3) is 5.66. The number of hydrazine groups is 1. The molecule has 3 unspecified atom stereocenters. The number of piperidine rings is 1. The van der Waals surface area contributed by atoms with Crippen LogP contribution in [0.25, 0.3) is 0 Å². The Morgan fingerprint density at radius 3 is 2.77 bits per heavy atom. The average Bonchev–Trinajstić information content (AvgIpc) is 2.69. The maximum atomic E-state index is 12.0. The molecule has 0 spiro atoms. The normalized spacial score (nSPS) is 29.7. The van der Waals surface area contributed by atoms with Gasteiger partial charge in [0.25, 0.3) is 0 Å². The van der Waals surface area contributed by atoms with E-state index in [1.807, 2.05) is 0 Å². The van der Waals surface area contributed by atoms with Crippen LogP contribution in [-0.2, 0) is 9.59 Å². The third-order valence-electron chi connectivity index (χ3n) is 6.10. The number of carbonyl (C=O) groups is 2. The monoisotopic (exact) mass is 365 g/mol. The lowest BCUT2D eigenvalue weighted by Gasteiger charge is -2.42. The third-order valence-corrected chi connectivity index (χ3v) is 6.10. The molecule has 0 radical (unpaired) electrons. The van der Waals surface area contributed by atoms with Crippen molar-refractivity contribution < 1.29 is 9.59 Å². The van der Waals surface area contributed by atoms with Gasteiger partial charge in [0.1, 0.15) is 0 Å². The van der Waals surface area contributed by atoms with Crippen molar-refractivity contribution in [3.8, 4) is 0 Å². The molecular weight excluding hydrogens is 330 g/mol. The summed E-state index contributed by atoms with van der Waals surface area (Å²) < 4.78 is 0. The van der Waals surface area contributed by atoms with Crippen molar-refractivity contribution in [3.05, 3.63) is 0 Å². The Labute approximate surface area is 156 Å². The molecule has 0 aromatic heterocycles. The van der Waals surface area contributed by atoms with Gasteiger partial charge in [0, 0.05) is 19.0 Å². The predicted octanol–water partition coefficient (Wildman–Crippen LogP) is 0.772. The number of fused-ring (bicyclic) bond motifs is 1. The van der Waals surface area contributed by atoms with E-state index in [2.05, 4.69) is 26.8 Å². The zero-order chi connectivity index (χ0) is 18.2. The quantitative estimate of drug-likeness (QED) is 0.410. The van der Waals surface area contributed by atoms with Crippen LogP contribution in [0.15, 0.2) is 0 Å². The van der Waals surface area contributed by atoms with Crippen LogP contribution in [0.5, 0.6) is 0 Å². The number of hydrogen-bond donors (Lipinski definition) is 5. The van der Waals surface area contributed by atoms with Crippen molar-refractivity contribution in [1.29, 1.82) is 0 Å². The molecule has 7 nitrogen and oxygen atoms in total. The molecule has 0 aromatic carbocycles. The van der Waals surface area contributed by atoms with Crippen molar-refractivity contribution in [3.63, 3.8) is 0 Å². The molecule has 2 amide bonds. The largest absolute Gasteiger partial charge is 0.356 e. The molecule has 3 aliphatic rings. The summed E-state index contributed by atoms with van der Waals surface area (Å²) in [5.41, 5.74) is 5.84. The molecule has 2 aliphatic heterocycles. The van der Waals surface area contributed by atoms with E-state index in [4.69, 9.17) is 0 Å². The first-order chi connectivity index (χ1) is 12.7. The number of amides is 2. The van der Waals surface area contributed by atoms with Gasteiger partial charge in [-0.15, -0.1) is 0 Å². The van der Waals surface area contributed by atoms with Crippen LogP contribution < -0.4 is 26.8 Å². The molecule has 3 fully saturated rings. The van der Waals surface area contributed by atoms with Gasteiger partial charge in [0.15, 0.2) is 0 Å². The van der Waals surface area contributed by atoms with E-state index in [0.29, 0.717) is 13.0 Å². The Hall–Kier alpha value is -1.18. The van der Waals surface area contributed by atoms with Crippen LogP contribution in [0.1, 0.15) is 64.2 Å². The van der Waals surface area contributed by atoms with Gasteiger partial charge in [-0.2, -0.15) is 0 Å². The summed E-state index contributed by atoms with van der Waals surface area (Å²) in [5.74, 6) is 1.08. The average molecular weight is 366 g/mol. The van der Waals surface area contributed by atoms with Crippen LogP contribution in [0.3, 0.4) is 0 Å². The van der Waals surface area contributed by atoms with Gasteiger partial charge >= 0.3 is 0 Å². The minimum atomic E-state index is 0.0417. The maximum absolute atomic E-state index is 12.0. The summed E-state index contributed by atoms with van der Waals surface area (Å²) in [6, 6.07) is 0.141. The number of rotatable bonds is 8. The maximum Gasteiger partial charge on any atom is 0.238 e. The molecule has 1 aliphatic carbocycles. The fourth-order valence-electron chi connectivity index (χ4n) is 4.54. The lowest BCUT2D eigenvalue weighted by molar-refractivity contribution is -0.131. The van der Waals surface area contributed by atoms with Gasteiger partial charge in [-0.05, 0) is 44.7 Å². The topological polar surface area (TPSA) is 94.3 Å². The highest BCUT2D eigenvalue weighted by molar-refractivity contribution is 5.80. The lowest BCUT2D eigenvalue weighted by Crippen LogP contribution is -2.71. The number of hydrogen-bond acceptors (Lipinski definition) is 5. The molecule has 2 saturated heterocycles. The highest BCUT2D eigenvalue weighted by atomic mass is 16.2. The summed E-state index contributed by atoms with van der Waals surface area (Å²) in [4.78, 5) is 23.9. The SMILES string of the molecule is O=C(CCC1CCCCC1)NCCCNC1NNC(=O)C2CCCNC12. The van der Waals surface area contributed by atoms with E-state index >= 15 is 0 Å². The Kier molecular flexibility index (Phi) is 7.70. The van der Waals surface area contributed by atoms with Gasteiger partial charge in [0.05, 0.1) is 12.1 Å². The van der Waals surface area contributed by atoms with Crippen LogP contribution in [0, 0.1) is 11.8 Å². The van der Waals surface area contributed by atoms with Gasteiger partial charge in [-0.25, -0.2) is 5.43 Å². The first-order valence-electron chi connectivity index (χ1n) is 10.5. The highest BCUT2D eigenvalue weighted by Crippen LogP contribution is 2.27. The molecule has 1 saturated carbocycles. The minimum Gasteiger partial charge on any atom is -0.356 e. The van der Waals surface area contributed by atoms with E-state index in [-0.39, 0.29) is 29.9 Å². The van der Waals surface area contributed by atoms with Crippen LogP contribution >= 0.6 is 0 Å². The van der Waals surface area contributed by atoms with Gasteiger partial charge in [0.2, 0.25) is 11.8 Å². The van der Waals surface area contributed by atoms with E-state index in [9.17, 15) is 9.59 Å². The summed E-state index contributed by atoms with van der Waals surface area (Å²) in [5, 5.41) is 9.95. The second-order valence-electron chi connectivity index (χ2n) is 8.04. The molecule has 3 rings (SSSR count). The van der Waals surface area contributed by atoms with Crippen molar-refractivity contribution in [1.82, 2.24) is 26.8 Å². The summed E-state index contributed by atoms with van der Waals surface area (Å²) in [6.07, 6.45) is 11.3. The molecule has 0 aromatic rings. The summed E-state index contributed by atoms with van der Waals surface area (Å²) >= 11 is 0. The molecule has 0 bridgehead atoms. The molecule has 3 atom stereocenters. The molecule has 148 valence electrons. The molecule has 2 heterocycles. The van der Waals surface area contributed by atoms with Gasteiger partial charge in [-0.1, -0.05) is 32.1 Å². The molecule has 5 N–H and O–H groups in total. The molecule has 7 heteroatoms. The van der Waals surface area contributed by atoms with Crippen molar-refractivity contribution in [2.24, 2.45) is 11.8 Å². The Morgan fingerprint density at radius 1 is 1.08 bits per heavy atom. The smallest absolute Gasteiger partial charge is 0.238 e. The second-order valence-corrected chi connectivity index (χ2v) is 8.04. The Bertz CT molecular complexity index is 467. The fourth-order valence-corrected chi connectivity index (χ4v) is 4.54. The first-order valence-corrected chi connectivity index (χ1v) is 10.5. The van der Waals surface area contributed by atoms with E-state index in [1.165, 1.54) is 32.1 Å². The van der Waals surface area contributed by atoms with Crippen LogP contribution in [0.4, 0.5) is 0 Å². The van der Waals surface area contributed by atoms with Gasteiger partial charge in [-0.3, -0.25) is 20.3 Å². The number of nitrogens with one attached hydrogen (secondary N) is 5. The summed E-state index contributed by atoms with van der Waals surface area (Å²) in [6.45, 7) is 2.48. The fraction of sp³-hybridized carbons (Fsp3) is 0.895. The van der Waals surface area contributed by atoms with Crippen molar-refractivity contribution in [2.75, 3.05) is 19.6 Å². The minimum absolute atomic E-state index is 0.0417. The van der Waals surface area contributed by atoms with E-state index in [0.717, 1.165) is 44.7 Å². The highest BCUT2D eigenvalue weighted by Gasteiger charge is 2.39. The van der Waals surface area contributed by atoms with Crippen molar-refractivity contribution in [2.45, 2.75) is 76.4 Å². The Morgan fingerprint density at radius 2 is 1.92 bits per heavy atom. The van der Waals surface area contributed by atoms with Crippen LogP contribution in [-0.4, -0.2) is 43.7 Å². The molecule has 26 heavy (non-hydrogen) atoms.